The molecule has 10 heteroatoms. The Balaban J connectivity index is 1.68. The first kappa shape index (κ1) is 21.9. The predicted molar refractivity (Wildman–Crippen MR) is 122 cm³/mol. The lowest BCUT2D eigenvalue weighted by Crippen LogP contribution is -2.40. The Morgan fingerprint density at radius 2 is 1.78 bits per heavy atom. The van der Waals surface area contributed by atoms with Crippen molar-refractivity contribution in [3.05, 3.63) is 76.3 Å². The number of morpholine rings is 1. The number of sulfonamides is 1. The SMILES string of the molecule is CC(=NNc1ccc([N+](=O)[O-])cc1S(=O)(=O)N1CCOCC1)c1ccc2ccccc2c1. The quantitative estimate of drug-likeness (QED) is 0.346. The normalized spacial score (nSPS) is 15.6. The fourth-order valence-corrected chi connectivity index (χ4v) is 5.05. The summed E-state index contributed by atoms with van der Waals surface area (Å²) in [5.41, 5.74) is 4.17. The molecule has 166 valence electrons. The minimum Gasteiger partial charge on any atom is -0.379 e. The molecule has 1 saturated heterocycles. The van der Waals surface area contributed by atoms with Gasteiger partial charge < -0.3 is 4.74 Å². The highest BCUT2D eigenvalue weighted by Crippen LogP contribution is 2.29. The van der Waals surface area contributed by atoms with Gasteiger partial charge in [0.2, 0.25) is 10.0 Å². The monoisotopic (exact) mass is 454 g/mol. The van der Waals surface area contributed by atoms with E-state index in [1.54, 1.807) is 6.92 Å². The van der Waals surface area contributed by atoms with E-state index >= 15 is 0 Å². The van der Waals surface area contributed by atoms with Gasteiger partial charge in [-0.15, -0.1) is 0 Å². The van der Waals surface area contributed by atoms with E-state index in [0.29, 0.717) is 5.71 Å². The third-order valence-electron chi connectivity index (χ3n) is 5.28. The van der Waals surface area contributed by atoms with Gasteiger partial charge in [0.1, 0.15) is 4.90 Å². The number of fused-ring (bicyclic) bond motifs is 1. The van der Waals surface area contributed by atoms with E-state index in [1.807, 2.05) is 42.5 Å². The third kappa shape index (κ3) is 4.47. The number of nitrogens with one attached hydrogen (secondary N) is 1. The van der Waals surface area contributed by atoms with Crippen LogP contribution in [0.1, 0.15) is 12.5 Å². The molecule has 0 bridgehead atoms. The number of hydrazone groups is 1. The molecule has 0 aromatic heterocycles. The maximum Gasteiger partial charge on any atom is 0.270 e. The molecule has 1 heterocycles. The standard InChI is InChI=1S/C22H22N4O5S/c1-16(18-7-6-17-4-2-3-5-19(17)14-18)23-24-21-9-8-20(26(27)28)15-22(21)32(29,30)25-10-12-31-13-11-25/h2-9,14-15,24H,10-13H2,1H3. The van der Waals surface area contributed by atoms with E-state index in [9.17, 15) is 18.5 Å². The smallest absolute Gasteiger partial charge is 0.270 e. The molecule has 1 N–H and O–H groups in total. The number of hydrogen-bond acceptors (Lipinski definition) is 7. The largest absolute Gasteiger partial charge is 0.379 e. The molecular formula is C22H22N4O5S. The molecule has 0 saturated carbocycles. The highest BCUT2D eigenvalue weighted by atomic mass is 32.2. The molecule has 1 fully saturated rings. The van der Waals surface area contributed by atoms with Crippen molar-refractivity contribution in [2.45, 2.75) is 11.8 Å². The van der Waals surface area contributed by atoms with Crippen LogP contribution >= 0.6 is 0 Å². The topological polar surface area (TPSA) is 114 Å². The Labute approximate surface area is 185 Å². The summed E-state index contributed by atoms with van der Waals surface area (Å²) in [7, 11) is -3.97. The first-order valence-electron chi connectivity index (χ1n) is 10.0. The van der Waals surface area contributed by atoms with E-state index in [0.717, 1.165) is 22.4 Å². The van der Waals surface area contributed by atoms with Gasteiger partial charge in [0.05, 0.1) is 29.5 Å². The fraction of sp³-hybridized carbons (Fsp3) is 0.227. The number of ether oxygens (including phenoxy) is 1. The van der Waals surface area contributed by atoms with Gasteiger partial charge in [-0.25, -0.2) is 8.42 Å². The Morgan fingerprint density at radius 1 is 1.06 bits per heavy atom. The molecule has 0 unspecified atom stereocenters. The van der Waals surface area contributed by atoms with Crippen molar-refractivity contribution in [2.75, 3.05) is 31.7 Å². The molecule has 0 spiro atoms. The summed E-state index contributed by atoms with van der Waals surface area (Å²) >= 11 is 0. The maximum absolute atomic E-state index is 13.2. The van der Waals surface area contributed by atoms with Crippen molar-refractivity contribution in [3.63, 3.8) is 0 Å². The van der Waals surface area contributed by atoms with Crippen LogP contribution in [0.5, 0.6) is 0 Å². The summed E-state index contributed by atoms with van der Waals surface area (Å²) in [5.74, 6) is 0. The van der Waals surface area contributed by atoms with Gasteiger partial charge in [0, 0.05) is 25.2 Å². The Hall–Kier alpha value is -3.34. The van der Waals surface area contributed by atoms with Crippen LogP contribution in [0.15, 0.2) is 70.7 Å². The lowest BCUT2D eigenvalue weighted by Gasteiger charge is -2.26. The number of nitro benzene ring substituents is 1. The summed E-state index contributed by atoms with van der Waals surface area (Å²) < 4.78 is 32.9. The van der Waals surface area contributed by atoms with Crippen molar-refractivity contribution in [1.82, 2.24) is 4.31 Å². The van der Waals surface area contributed by atoms with Crippen LogP contribution < -0.4 is 5.43 Å². The number of non-ortho nitro benzene ring substituents is 1. The molecule has 3 aromatic carbocycles. The minimum absolute atomic E-state index is 0.169. The second kappa shape index (κ2) is 9.03. The van der Waals surface area contributed by atoms with Crippen LogP contribution in [0.25, 0.3) is 10.8 Å². The van der Waals surface area contributed by atoms with Crippen LogP contribution in [0.3, 0.4) is 0 Å². The summed E-state index contributed by atoms with van der Waals surface area (Å²) in [6.45, 7) is 2.72. The Bertz CT molecular complexity index is 1300. The highest BCUT2D eigenvalue weighted by Gasteiger charge is 2.30. The van der Waals surface area contributed by atoms with Gasteiger partial charge in [0.15, 0.2) is 0 Å². The average molecular weight is 455 g/mol. The van der Waals surface area contributed by atoms with E-state index in [1.165, 1.54) is 16.4 Å². The van der Waals surface area contributed by atoms with Crippen LogP contribution in [0, 0.1) is 10.1 Å². The lowest BCUT2D eigenvalue weighted by atomic mass is 10.0. The maximum atomic E-state index is 13.2. The zero-order valence-corrected chi connectivity index (χ0v) is 18.2. The molecule has 0 atom stereocenters. The van der Waals surface area contributed by atoms with Gasteiger partial charge in [-0.05, 0) is 35.4 Å². The molecular weight excluding hydrogens is 432 g/mol. The summed E-state index contributed by atoms with van der Waals surface area (Å²) in [4.78, 5) is 10.4. The molecule has 4 rings (SSSR count). The van der Waals surface area contributed by atoms with Gasteiger partial charge in [-0.2, -0.15) is 9.41 Å². The van der Waals surface area contributed by atoms with E-state index in [4.69, 9.17) is 4.74 Å². The number of rotatable bonds is 6. The molecule has 32 heavy (non-hydrogen) atoms. The van der Waals surface area contributed by atoms with Crippen molar-refractivity contribution < 1.29 is 18.1 Å². The fourth-order valence-electron chi connectivity index (χ4n) is 3.48. The minimum atomic E-state index is -3.97. The summed E-state index contributed by atoms with van der Waals surface area (Å²) in [5, 5.41) is 17.8. The Kier molecular flexibility index (Phi) is 6.17. The molecule has 3 aromatic rings. The molecule has 0 amide bonds. The zero-order valence-electron chi connectivity index (χ0n) is 17.4. The van der Waals surface area contributed by atoms with Crippen molar-refractivity contribution >= 4 is 37.9 Å². The first-order valence-corrected chi connectivity index (χ1v) is 11.5. The van der Waals surface area contributed by atoms with E-state index < -0.39 is 14.9 Å². The molecule has 9 nitrogen and oxygen atoms in total. The van der Waals surface area contributed by atoms with Crippen molar-refractivity contribution in [3.8, 4) is 0 Å². The van der Waals surface area contributed by atoms with E-state index in [2.05, 4.69) is 10.5 Å². The van der Waals surface area contributed by atoms with Crippen LogP contribution in [0.2, 0.25) is 0 Å². The number of hydrogen-bond donors (Lipinski definition) is 1. The van der Waals surface area contributed by atoms with Gasteiger partial charge in [-0.1, -0.05) is 36.4 Å². The van der Waals surface area contributed by atoms with Crippen LogP contribution in [-0.4, -0.2) is 49.7 Å². The number of anilines is 1. The predicted octanol–water partition coefficient (Wildman–Crippen LogP) is 3.61. The van der Waals surface area contributed by atoms with Crippen LogP contribution in [-0.2, 0) is 14.8 Å². The first-order chi connectivity index (χ1) is 15.4. The molecule has 1 aliphatic heterocycles. The zero-order chi connectivity index (χ0) is 22.7. The molecule has 0 aliphatic carbocycles. The van der Waals surface area contributed by atoms with Crippen molar-refractivity contribution in [1.29, 1.82) is 0 Å². The molecule has 0 radical (unpaired) electrons. The number of nitro groups is 1. The summed E-state index contributed by atoms with van der Waals surface area (Å²) in [6, 6.07) is 17.5. The average Bonchev–Trinajstić information content (AvgIpc) is 2.82. The van der Waals surface area contributed by atoms with Gasteiger partial charge in [-0.3, -0.25) is 15.5 Å². The molecule has 1 aliphatic rings. The van der Waals surface area contributed by atoms with Gasteiger partial charge >= 0.3 is 0 Å². The second-order valence-corrected chi connectivity index (χ2v) is 9.23. The summed E-state index contributed by atoms with van der Waals surface area (Å²) in [6.07, 6.45) is 0. The van der Waals surface area contributed by atoms with Crippen molar-refractivity contribution in [2.24, 2.45) is 5.10 Å². The second-order valence-electron chi connectivity index (χ2n) is 7.32. The van der Waals surface area contributed by atoms with Gasteiger partial charge in [0.25, 0.3) is 5.69 Å². The number of nitrogens with zero attached hydrogens (tertiary/aromatic N) is 3. The Morgan fingerprint density at radius 3 is 2.50 bits per heavy atom. The third-order valence-corrected chi connectivity index (χ3v) is 7.21. The van der Waals surface area contributed by atoms with E-state index in [-0.39, 0.29) is 42.6 Å². The lowest BCUT2D eigenvalue weighted by molar-refractivity contribution is -0.385. The highest BCUT2D eigenvalue weighted by molar-refractivity contribution is 7.89. The van der Waals surface area contributed by atoms with Crippen LogP contribution in [0.4, 0.5) is 11.4 Å². The number of benzene rings is 3.